The van der Waals surface area contributed by atoms with E-state index in [2.05, 4.69) is 40.5 Å². The Bertz CT molecular complexity index is 1220. The summed E-state index contributed by atoms with van der Waals surface area (Å²) >= 11 is 0. The van der Waals surface area contributed by atoms with Gasteiger partial charge < -0.3 is 16.2 Å². The van der Waals surface area contributed by atoms with E-state index >= 15 is 0 Å². The lowest BCUT2D eigenvalue weighted by molar-refractivity contribution is 0.104. The summed E-state index contributed by atoms with van der Waals surface area (Å²) < 4.78 is 8.14. The fourth-order valence-corrected chi connectivity index (χ4v) is 3.92. The summed E-state index contributed by atoms with van der Waals surface area (Å²) in [5.74, 6) is 1.48. The van der Waals surface area contributed by atoms with Crippen molar-refractivity contribution < 1.29 is 4.74 Å². The van der Waals surface area contributed by atoms with E-state index in [1.165, 1.54) is 11.1 Å². The number of anilines is 2. The topological polar surface area (TPSA) is 105 Å². The molecule has 1 saturated heterocycles. The van der Waals surface area contributed by atoms with Gasteiger partial charge in [-0.25, -0.2) is 9.97 Å². The van der Waals surface area contributed by atoms with Crippen LogP contribution in [-0.2, 0) is 4.74 Å². The third kappa shape index (κ3) is 2.58. The largest absolute Gasteiger partial charge is 0.383 e. The standard InChI is InChI=1S/C21H22N6O/c1-11-8-16-17(9-12(11)2)27(20(24-16)18-4-3-7-28-18)13-5-6-14-15(10-13)25-21(23)26-19(14)22/h5-6,8-10,18H,3-4,7H2,1-2H3,(H4,22,23,25,26). The van der Waals surface area contributed by atoms with Gasteiger partial charge in [-0.15, -0.1) is 0 Å². The average molecular weight is 374 g/mol. The Morgan fingerprint density at radius 1 is 1.00 bits per heavy atom. The molecule has 3 heterocycles. The van der Waals surface area contributed by atoms with Gasteiger partial charge in [0.2, 0.25) is 5.95 Å². The lowest BCUT2D eigenvalue weighted by Gasteiger charge is -2.15. The number of hydrogen-bond donors (Lipinski definition) is 2. The molecule has 1 atom stereocenters. The van der Waals surface area contributed by atoms with E-state index in [-0.39, 0.29) is 12.1 Å². The van der Waals surface area contributed by atoms with E-state index in [0.717, 1.165) is 47.4 Å². The Labute approximate surface area is 162 Å². The molecule has 4 aromatic rings. The van der Waals surface area contributed by atoms with E-state index in [1.54, 1.807) is 0 Å². The minimum absolute atomic E-state index is 0.00996. The molecule has 1 aliphatic rings. The normalized spacial score (nSPS) is 17.0. The van der Waals surface area contributed by atoms with Crippen molar-refractivity contribution in [2.24, 2.45) is 0 Å². The van der Waals surface area contributed by atoms with Crippen LogP contribution in [-0.4, -0.2) is 26.1 Å². The molecule has 4 N–H and O–H groups in total. The van der Waals surface area contributed by atoms with Gasteiger partial charge in [0.25, 0.3) is 0 Å². The molecule has 2 aromatic carbocycles. The first-order chi connectivity index (χ1) is 13.5. The van der Waals surface area contributed by atoms with Crippen molar-refractivity contribution in [2.75, 3.05) is 18.1 Å². The molecule has 1 aliphatic heterocycles. The number of hydrogen-bond acceptors (Lipinski definition) is 6. The highest BCUT2D eigenvalue weighted by Crippen LogP contribution is 2.34. The first kappa shape index (κ1) is 16.9. The predicted octanol–water partition coefficient (Wildman–Crippen LogP) is 3.60. The lowest BCUT2D eigenvalue weighted by Crippen LogP contribution is -2.07. The highest BCUT2D eigenvalue weighted by molar-refractivity contribution is 5.91. The van der Waals surface area contributed by atoms with Crippen molar-refractivity contribution in [1.29, 1.82) is 0 Å². The van der Waals surface area contributed by atoms with E-state index in [4.69, 9.17) is 21.2 Å². The second-order valence-electron chi connectivity index (χ2n) is 7.40. The molecule has 0 aliphatic carbocycles. The maximum absolute atomic E-state index is 6.01. The van der Waals surface area contributed by atoms with Gasteiger partial charge in [0.1, 0.15) is 17.7 Å². The number of ether oxygens (including phenoxy) is 1. The molecule has 0 radical (unpaired) electrons. The molecule has 7 heteroatoms. The van der Waals surface area contributed by atoms with Crippen molar-refractivity contribution >= 4 is 33.7 Å². The van der Waals surface area contributed by atoms with Crippen molar-refractivity contribution in [3.05, 3.63) is 47.3 Å². The molecule has 0 amide bonds. The molecular formula is C21H22N6O. The fraction of sp³-hybridized carbons (Fsp3) is 0.286. The summed E-state index contributed by atoms with van der Waals surface area (Å²) in [6.07, 6.45) is 2.00. The fourth-order valence-electron chi connectivity index (χ4n) is 3.92. The van der Waals surface area contributed by atoms with E-state index < -0.39 is 0 Å². The molecule has 28 heavy (non-hydrogen) atoms. The average Bonchev–Trinajstić information content (AvgIpc) is 3.29. The zero-order valence-corrected chi connectivity index (χ0v) is 15.9. The smallest absolute Gasteiger partial charge is 0.222 e. The number of rotatable bonds is 2. The van der Waals surface area contributed by atoms with Gasteiger partial charge in [0.15, 0.2) is 0 Å². The van der Waals surface area contributed by atoms with Crippen LogP contribution < -0.4 is 11.5 Å². The molecule has 2 aromatic heterocycles. The van der Waals surface area contributed by atoms with Crippen LogP contribution in [0.15, 0.2) is 30.3 Å². The van der Waals surface area contributed by atoms with Crippen molar-refractivity contribution in [1.82, 2.24) is 19.5 Å². The van der Waals surface area contributed by atoms with Gasteiger partial charge in [0.05, 0.1) is 16.6 Å². The monoisotopic (exact) mass is 374 g/mol. The summed E-state index contributed by atoms with van der Waals surface area (Å²) in [4.78, 5) is 13.4. The Kier molecular flexibility index (Phi) is 3.73. The number of nitrogen functional groups attached to an aromatic ring is 2. The van der Waals surface area contributed by atoms with Gasteiger partial charge in [-0.2, -0.15) is 4.98 Å². The number of benzene rings is 2. The predicted molar refractivity (Wildman–Crippen MR) is 110 cm³/mol. The number of nitrogens with two attached hydrogens (primary N) is 2. The quantitative estimate of drug-likeness (QED) is 0.555. The van der Waals surface area contributed by atoms with Gasteiger partial charge in [-0.05, 0) is 68.1 Å². The minimum atomic E-state index is -0.00996. The molecule has 5 rings (SSSR count). The Morgan fingerprint density at radius 3 is 2.61 bits per heavy atom. The third-order valence-corrected chi connectivity index (χ3v) is 5.50. The molecule has 1 unspecified atom stereocenters. The zero-order chi connectivity index (χ0) is 19.4. The van der Waals surface area contributed by atoms with Crippen LogP contribution in [0.3, 0.4) is 0 Å². The number of nitrogens with zero attached hydrogens (tertiary/aromatic N) is 4. The summed E-state index contributed by atoms with van der Waals surface area (Å²) in [6, 6.07) is 10.3. The molecule has 0 bridgehead atoms. The van der Waals surface area contributed by atoms with Crippen LogP contribution in [0, 0.1) is 13.8 Å². The first-order valence-electron chi connectivity index (χ1n) is 9.45. The third-order valence-electron chi connectivity index (χ3n) is 5.50. The van der Waals surface area contributed by atoms with Crippen LogP contribution in [0.1, 0.15) is 35.9 Å². The maximum atomic E-state index is 6.01. The minimum Gasteiger partial charge on any atom is -0.383 e. The second-order valence-corrected chi connectivity index (χ2v) is 7.40. The molecule has 7 nitrogen and oxygen atoms in total. The molecule has 142 valence electrons. The van der Waals surface area contributed by atoms with Crippen LogP contribution in [0.2, 0.25) is 0 Å². The summed E-state index contributed by atoms with van der Waals surface area (Å²) in [6.45, 7) is 4.99. The number of aromatic nitrogens is 4. The summed E-state index contributed by atoms with van der Waals surface area (Å²) in [7, 11) is 0. The summed E-state index contributed by atoms with van der Waals surface area (Å²) in [5.41, 5.74) is 18.0. The number of aryl methyl sites for hydroxylation is 2. The summed E-state index contributed by atoms with van der Waals surface area (Å²) in [5, 5.41) is 0.785. The van der Waals surface area contributed by atoms with Gasteiger partial charge >= 0.3 is 0 Å². The zero-order valence-electron chi connectivity index (χ0n) is 15.9. The van der Waals surface area contributed by atoms with Crippen molar-refractivity contribution in [3.8, 4) is 5.69 Å². The van der Waals surface area contributed by atoms with Crippen molar-refractivity contribution in [2.45, 2.75) is 32.8 Å². The van der Waals surface area contributed by atoms with Crippen LogP contribution in [0.5, 0.6) is 0 Å². The highest BCUT2D eigenvalue weighted by atomic mass is 16.5. The molecule has 1 fully saturated rings. The van der Waals surface area contributed by atoms with Gasteiger partial charge in [-0.1, -0.05) is 0 Å². The number of imidazole rings is 1. The second kappa shape index (κ2) is 6.17. The Balaban J connectivity index is 1.80. The van der Waals surface area contributed by atoms with E-state index in [9.17, 15) is 0 Å². The highest BCUT2D eigenvalue weighted by Gasteiger charge is 2.25. The SMILES string of the molecule is Cc1cc2nc(C3CCCO3)n(-c3ccc4c(N)nc(N)nc4c3)c2cc1C. The Hall–Kier alpha value is -3.19. The molecule has 0 saturated carbocycles. The maximum Gasteiger partial charge on any atom is 0.222 e. The van der Waals surface area contributed by atoms with Crippen LogP contribution in [0.4, 0.5) is 11.8 Å². The van der Waals surface area contributed by atoms with Gasteiger partial charge in [0, 0.05) is 17.7 Å². The van der Waals surface area contributed by atoms with Crippen LogP contribution >= 0.6 is 0 Å². The molecule has 0 spiro atoms. The lowest BCUT2D eigenvalue weighted by atomic mass is 10.1. The molecular weight excluding hydrogens is 352 g/mol. The van der Waals surface area contributed by atoms with E-state index in [1.807, 2.05) is 18.2 Å². The van der Waals surface area contributed by atoms with Crippen molar-refractivity contribution in [3.63, 3.8) is 0 Å². The van der Waals surface area contributed by atoms with Crippen LogP contribution in [0.25, 0.3) is 27.6 Å². The van der Waals surface area contributed by atoms with E-state index in [0.29, 0.717) is 11.3 Å². The Morgan fingerprint density at radius 2 is 1.82 bits per heavy atom. The number of fused-ring (bicyclic) bond motifs is 2. The van der Waals surface area contributed by atoms with Gasteiger partial charge in [-0.3, -0.25) is 4.57 Å². The first-order valence-corrected chi connectivity index (χ1v) is 9.45.